The third kappa shape index (κ3) is 4.05. The summed E-state index contributed by atoms with van der Waals surface area (Å²) in [6.07, 6.45) is 1.88. The SMILES string of the molecule is CC(=O)CCSc1nnc(C[C@H]2CCS(=O)(=O)C2)n1C. The largest absolute Gasteiger partial charge is 0.309 e. The fourth-order valence-corrected chi connectivity index (χ4v) is 5.06. The van der Waals surface area contributed by atoms with Gasteiger partial charge in [-0.1, -0.05) is 11.8 Å². The van der Waals surface area contributed by atoms with Gasteiger partial charge in [-0.05, 0) is 19.3 Å². The molecular formula is C12H19N3O3S2. The molecular weight excluding hydrogens is 298 g/mol. The predicted molar refractivity (Wildman–Crippen MR) is 77.5 cm³/mol. The van der Waals surface area contributed by atoms with Crippen molar-refractivity contribution in [3.05, 3.63) is 5.82 Å². The van der Waals surface area contributed by atoms with Gasteiger partial charge in [0, 0.05) is 25.6 Å². The second kappa shape index (κ2) is 6.26. The lowest BCUT2D eigenvalue weighted by molar-refractivity contribution is -0.116. The molecule has 2 rings (SSSR count). The van der Waals surface area contributed by atoms with Crippen molar-refractivity contribution < 1.29 is 13.2 Å². The lowest BCUT2D eigenvalue weighted by Gasteiger charge is -2.07. The van der Waals surface area contributed by atoms with Gasteiger partial charge < -0.3 is 4.57 Å². The fraction of sp³-hybridized carbons (Fsp3) is 0.750. The Morgan fingerprint density at radius 2 is 2.20 bits per heavy atom. The standard InChI is InChI=1S/C12H19N3O3S2/c1-9(16)3-5-19-12-14-13-11(15(12)2)7-10-4-6-20(17,18)8-10/h10H,3-8H2,1-2H3/t10-/m1/s1. The molecule has 8 heteroatoms. The molecule has 6 nitrogen and oxygen atoms in total. The topological polar surface area (TPSA) is 81.9 Å². The van der Waals surface area contributed by atoms with Crippen LogP contribution in [0.25, 0.3) is 0 Å². The minimum absolute atomic E-state index is 0.151. The van der Waals surface area contributed by atoms with Crippen LogP contribution in [0.2, 0.25) is 0 Å². The van der Waals surface area contributed by atoms with E-state index in [9.17, 15) is 13.2 Å². The summed E-state index contributed by atoms with van der Waals surface area (Å²) in [5.74, 6) is 2.37. The van der Waals surface area contributed by atoms with Gasteiger partial charge in [-0.3, -0.25) is 4.79 Å². The maximum absolute atomic E-state index is 11.4. The van der Waals surface area contributed by atoms with Crippen LogP contribution < -0.4 is 0 Å². The van der Waals surface area contributed by atoms with E-state index < -0.39 is 9.84 Å². The molecule has 0 radical (unpaired) electrons. The summed E-state index contributed by atoms with van der Waals surface area (Å²) in [4.78, 5) is 10.9. The number of rotatable bonds is 6. The zero-order valence-corrected chi connectivity index (χ0v) is 13.3. The summed E-state index contributed by atoms with van der Waals surface area (Å²) < 4.78 is 24.8. The van der Waals surface area contributed by atoms with Gasteiger partial charge in [0.05, 0.1) is 11.5 Å². The minimum Gasteiger partial charge on any atom is -0.309 e. The Balaban J connectivity index is 1.93. The Kier molecular flexibility index (Phi) is 4.85. The number of hydrogen-bond donors (Lipinski definition) is 0. The first kappa shape index (κ1) is 15.5. The average molecular weight is 317 g/mol. The summed E-state index contributed by atoms with van der Waals surface area (Å²) in [6.45, 7) is 1.57. The number of thioether (sulfide) groups is 1. The third-order valence-electron chi connectivity index (χ3n) is 3.41. The average Bonchev–Trinajstić information content (AvgIpc) is 2.85. The highest BCUT2D eigenvalue weighted by Gasteiger charge is 2.29. The molecule has 0 amide bonds. The minimum atomic E-state index is -2.85. The molecule has 0 N–H and O–H groups in total. The normalized spacial score (nSPS) is 21.2. The van der Waals surface area contributed by atoms with Crippen LogP contribution in [0.5, 0.6) is 0 Å². The van der Waals surface area contributed by atoms with E-state index in [-0.39, 0.29) is 23.2 Å². The van der Waals surface area contributed by atoms with Crippen molar-refractivity contribution in [2.24, 2.45) is 13.0 Å². The Hall–Kier alpha value is -0.890. The molecule has 1 aromatic rings. The number of hydrogen-bond acceptors (Lipinski definition) is 6. The molecule has 1 saturated heterocycles. The van der Waals surface area contributed by atoms with E-state index in [2.05, 4.69) is 10.2 Å². The van der Waals surface area contributed by atoms with Crippen LogP contribution in [-0.2, 0) is 28.1 Å². The van der Waals surface area contributed by atoms with Crippen molar-refractivity contribution >= 4 is 27.4 Å². The van der Waals surface area contributed by atoms with Crippen LogP contribution >= 0.6 is 11.8 Å². The molecule has 0 bridgehead atoms. The van der Waals surface area contributed by atoms with Gasteiger partial charge in [0.25, 0.3) is 0 Å². The highest BCUT2D eigenvalue weighted by Crippen LogP contribution is 2.23. The van der Waals surface area contributed by atoms with E-state index in [0.717, 1.165) is 11.0 Å². The van der Waals surface area contributed by atoms with Crippen molar-refractivity contribution in [3.8, 4) is 0 Å². The summed E-state index contributed by atoms with van der Waals surface area (Å²) in [7, 11) is -0.962. The molecule has 2 heterocycles. The van der Waals surface area contributed by atoms with Crippen molar-refractivity contribution in [2.45, 2.75) is 31.3 Å². The Morgan fingerprint density at radius 1 is 1.45 bits per heavy atom. The van der Waals surface area contributed by atoms with E-state index in [1.807, 2.05) is 11.6 Å². The van der Waals surface area contributed by atoms with E-state index in [4.69, 9.17) is 0 Å². The van der Waals surface area contributed by atoms with Crippen molar-refractivity contribution in [1.82, 2.24) is 14.8 Å². The molecule has 1 aliphatic heterocycles. The van der Waals surface area contributed by atoms with Crippen LogP contribution in [0, 0.1) is 5.92 Å². The number of carbonyl (C=O) groups excluding carboxylic acids is 1. The monoisotopic (exact) mass is 317 g/mol. The van der Waals surface area contributed by atoms with Crippen LogP contribution in [0.15, 0.2) is 5.16 Å². The van der Waals surface area contributed by atoms with E-state index in [1.165, 1.54) is 11.8 Å². The summed E-state index contributed by atoms with van der Waals surface area (Å²) in [5, 5.41) is 9.02. The molecule has 112 valence electrons. The molecule has 1 fully saturated rings. The maximum atomic E-state index is 11.4. The molecule has 1 atom stereocenters. The first-order valence-electron chi connectivity index (χ1n) is 6.58. The highest BCUT2D eigenvalue weighted by molar-refractivity contribution is 7.99. The second-order valence-electron chi connectivity index (χ2n) is 5.23. The molecule has 1 aliphatic rings. The predicted octanol–water partition coefficient (Wildman–Crippen LogP) is 0.863. The van der Waals surface area contributed by atoms with E-state index >= 15 is 0 Å². The summed E-state index contributed by atoms with van der Waals surface area (Å²) >= 11 is 1.50. The van der Waals surface area contributed by atoms with Gasteiger partial charge >= 0.3 is 0 Å². The summed E-state index contributed by atoms with van der Waals surface area (Å²) in [5.41, 5.74) is 0. The van der Waals surface area contributed by atoms with Crippen molar-refractivity contribution in [3.63, 3.8) is 0 Å². The van der Waals surface area contributed by atoms with Crippen LogP contribution in [0.3, 0.4) is 0 Å². The molecule has 0 aromatic carbocycles. The van der Waals surface area contributed by atoms with Crippen LogP contribution in [0.4, 0.5) is 0 Å². The number of ketones is 1. The Bertz CT molecular complexity index is 595. The van der Waals surface area contributed by atoms with E-state index in [1.54, 1.807) is 6.92 Å². The van der Waals surface area contributed by atoms with Gasteiger partial charge in [0.15, 0.2) is 15.0 Å². The molecule has 20 heavy (non-hydrogen) atoms. The van der Waals surface area contributed by atoms with Gasteiger partial charge in [0.2, 0.25) is 0 Å². The van der Waals surface area contributed by atoms with Crippen molar-refractivity contribution in [1.29, 1.82) is 0 Å². The second-order valence-corrected chi connectivity index (χ2v) is 8.52. The van der Waals surface area contributed by atoms with Crippen molar-refractivity contribution in [2.75, 3.05) is 17.3 Å². The third-order valence-corrected chi connectivity index (χ3v) is 6.27. The molecule has 0 unspecified atom stereocenters. The van der Waals surface area contributed by atoms with E-state index in [0.29, 0.717) is 25.0 Å². The van der Waals surface area contributed by atoms with Gasteiger partial charge in [-0.15, -0.1) is 10.2 Å². The summed E-state index contributed by atoms with van der Waals surface area (Å²) in [6, 6.07) is 0. The quantitative estimate of drug-likeness (QED) is 0.724. The Morgan fingerprint density at radius 3 is 2.80 bits per heavy atom. The number of sulfone groups is 1. The number of carbonyl (C=O) groups is 1. The highest BCUT2D eigenvalue weighted by atomic mass is 32.2. The van der Waals surface area contributed by atoms with Gasteiger partial charge in [-0.25, -0.2) is 8.42 Å². The zero-order chi connectivity index (χ0) is 14.8. The first-order valence-corrected chi connectivity index (χ1v) is 9.39. The molecule has 0 spiro atoms. The number of aromatic nitrogens is 3. The number of nitrogens with zero attached hydrogens (tertiary/aromatic N) is 3. The van der Waals surface area contributed by atoms with Gasteiger partial charge in [-0.2, -0.15) is 0 Å². The maximum Gasteiger partial charge on any atom is 0.190 e. The van der Waals surface area contributed by atoms with Crippen LogP contribution in [-0.4, -0.2) is 46.2 Å². The molecule has 0 saturated carbocycles. The molecule has 0 aliphatic carbocycles. The van der Waals surface area contributed by atoms with Gasteiger partial charge in [0.1, 0.15) is 11.6 Å². The Labute approximate surface area is 123 Å². The number of Topliss-reactive ketones (excluding diaryl/α,β-unsaturated/α-hetero) is 1. The lowest BCUT2D eigenvalue weighted by Crippen LogP contribution is -2.11. The fourth-order valence-electron chi connectivity index (χ4n) is 2.23. The molecule has 1 aromatic heterocycles. The smallest absolute Gasteiger partial charge is 0.190 e. The zero-order valence-electron chi connectivity index (χ0n) is 11.7. The lowest BCUT2D eigenvalue weighted by atomic mass is 10.1. The van der Waals surface area contributed by atoms with Crippen LogP contribution in [0.1, 0.15) is 25.6 Å². The first-order chi connectivity index (χ1) is 9.37.